The summed E-state index contributed by atoms with van der Waals surface area (Å²) in [4.78, 5) is 18.9. The molecule has 1 aromatic carbocycles. The lowest BCUT2D eigenvalue weighted by Gasteiger charge is -2.32. The van der Waals surface area contributed by atoms with E-state index in [1.807, 2.05) is 10.9 Å². The van der Waals surface area contributed by atoms with Crippen LogP contribution in [-0.2, 0) is 11.8 Å². The molecule has 43 heavy (non-hydrogen) atoms. The molecular weight excluding hydrogens is 557 g/mol. The summed E-state index contributed by atoms with van der Waals surface area (Å²) in [5, 5.41) is 22.6. The standard InChI is InChI=1S/C32H43F3N6O2/c1-31(2,43)25-18-27-23(17-28(25)38-30(42)26-5-4-6-29(37-26)32(33,34)35)20-41(39-27)24-9-7-22(8-10-24)19-40(3)16-13-21-11-14-36-15-12-21/h4-6,17-18,20-22,24,36,43H,7-16,19H2,1-3H3,(H,38,42)/t22-,24-. The van der Waals surface area contributed by atoms with Crippen LogP contribution in [0.25, 0.3) is 10.9 Å². The smallest absolute Gasteiger partial charge is 0.386 e. The second kappa shape index (κ2) is 12.9. The van der Waals surface area contributed by atoms with E-state index < -0.39 is 23.4 Å². The van der Waals surface area contributed by atoms with Crippen LogP contribution in [0.3, 0.4) is 0 Å². The van der Waals surface area contributed by atoms with Crippen molar-refractivity contribution in [1.29, 1.82) is 0 Å². The molecule has 2 aromatic heterocycles. The molecule has 234 valence electrons. The van der Waals surface area contributed by atoms with Gasteiger partial charge in [-0.1, -0.05) is 6.07 Å². The van der Waals surface area contributed by atoms with Crippen molar-refractivity contribution < 1.29 is 23.1 Å². The Kier molecular flexibility index (Phi) is 9.43. The van der Waals surface area contributed by atoms with Crippen LogP contribution < -0.4 is 10.6 Å². The van der Waals surface area contributed by atoms with Gasteiger partial charge in [0.15, 0.2) is 0 Å². The zero-order chi connectivity index (χ0) is 30.8. The molecule has 8 nitrogen and oxygen atoms in total. The van der Waals surface area contributed by atoms with Crippen LogP contribution in [0.4, 0.5) is 18.9 Å². The van der Waals surface area contributed by atoms with Gasteiger partial charge in [0.2, 0.25) is 0 Å². The molecule has 0 spiro atoms. The summed E-state index contributed by atoms with van der Waals surface area (Å²) in [5.74, 6) is 0.728. The number of piperidine rings is 1. The Morgan fingerprint density at radius 2 is 1.81 bits per heavy atom. The number of carbonyl (C=O) groups is 1. The number of nitrogens with one attached hydrogen (secondary N) is 2. The highest BCUT2D eigenvalue weighted by Gasteiger charge is 2.33. The van der Waals surface area contributed by atoms with E-state index >= 15 is 0 Å². The molecule has 0 radical (unpaired) electrons. The third kappa shape index (κ3) is 7.93. The number of alkyl halides is 3. The van der Waals surface area contributed by atoms with Crippen LogP contribution in [0.5, 0.6) is 0 Å². The average Bonchev–Trinajstić information content (AvgIpc) is 3.39. The minimum Gasteiger partial charge on any atom is -0.386 e. The lowest BCUT2D eigenvalue weighted by Crippen LogP contribution is -2.33. The summed E-state index contributed by atoms with van der Waals surface area (Å²) in [6.45, 7) is 7.75. The van der Waals surface area contributed by atoms with Gasteiger partial charge >= 0.3 is 6.18 Å². The average molecular weight is 601 g/mol. The number of hydrogen-bond donors (Lipinski definition) is 3. The van der Waals surface area contributed by atoms with E-state index in [0.717, 1.165) is 75.3 Å². The molecule has 1 amide bonds. The number of carbonyl (C=O) groups excluding carboxylic acids is 1. The molecule has 11 heteroatoms. The van der Waals surface area contributed by atoms with E-state index in [2.05, 4.69) is 27.6 Å². The van der Waals surface area contributed by atoms with Gasteiger partial charge in [0.25, 0.3) is 5.91 Å². The minimum atomic E-state index is -4.66. The first kappa shape index (κ1) is 31.4. The Morgan fingerprint density at radius 3 is 2.49 bits per heavy atom. The fourth-order valence-corrected chi connectivity index (χ4v) is 6.49. The molecular formula is C32H43F3N6O2. The van der Waals surface area contributed by atoms with Gasteiger partial charge in [0, 0.05) is 29.4 Å². The van der Waals surface area contributed by atoms with E-state index in [1.165, 1.54) is 25.3 Å². The van der Waals surface area contributed by atoms with Crippen molar-refractivity contribution in [2.24, 2.45) is 11.8 Å². The monoisotopic (exact) mass is 600 g/mol. The van der Waals surface area contributed by atoms with Gasteiger partial charge in [-0.05, 0) is 122 Å². The van der Waals surface area contributed by atoms with E-state index in [0.29, 0.717) is 22.7 Å². The summed E-state index contributed by atoms with van der Waals surface area (Å²) in [6.07, 6.45) is 5.48. The molecule has 0 bridgehead atoms. The zero-order valence-electron chi connectivity index (χ0n) is 25.3. The number of halogens is 3. The predicted octanol–water partition coefficient (Wildman–Crippen LogP) is 5.98. The molecule has 3 N–H and O–H groups in total. The van der Waals surface area contributed by atoms with Gasteiger partial charge < -0.3 is 20.6 Å². The number of hydrogen-bond acceptors (Lipinski definition) is 6. The third-order valence-corrected chi connectivity index (χ3v) is 8.98. The number of pyridine rings is 1. The summed E-state index contributed by atoms with van der Waals surface area (Å²) >= 11 is 0. The number of anilines is 1. The van der Waals surface area contributed by atoms with Gasteiger partial charge in [-0.25, -0.2) is 4.98 Å². The van der Waals surface area contributed by atoms with E-state index in [1.54, 1.807) is 26.0 Å². The highest BCUT2D eigenvalue weighted by molar-refractivity contribution is 6.04. The zero-order valence-corrected chi connectivity index (χ0v) is 25.3. The molecule has 3 aromatic rings. The molecule has 1 aliphatic heterocycles. The largest absolute Gasteiger partial charge is 0.433 e. The summed E-state index contributed by atoms with van der Waals surface area (Å²) in [5.41, 5.74) is -1.42. The van der Waals surface area contributed by atoms with E-state index in [4.69, 9.17) is 5.10 Å². The summed E-state index contributed by atoms with van der Waals surface area (Å²) < 4.78 is 41.4. The highest BCUT2D eigenvalue weighted by Crippen LogP contribution is 2.36. The first-order valence-electron chi connectivity index (χ1n) is 15.4. The van der Waals surface area contributed by atoms with Crippen LogP contribution in [0.15, 0.2) is 36.5 Å². The number of amides is 1. The SMILES string of the molecule is CN(CCC1CCNCC1)C[C@H]1CC[C@H](n2cc3cc(NC(=O)c4cccc(C(F)(F)F)n4)c(C(C)(C)O)cc3n2)CC1. The Labute approximate surface area is 251 Å². The van der Waals surface area contributed by atoms with Crippen molar-refractivity contribution in [3.8, 4) is 0 Å². The van der Waals surface area contributed by atoms with Crippen LogP contribution in [0.1, 0.15) is 86.6 Å². The highest BCUT2D eigenvalue weighted by atomic mass is 19.4. The molecule has 1 saturated carbocycles. The number of aliphatic hydroxyl groups is 1. The molecule has 5 rings (SSSR count). The number of rotatable bonds is 9. The maximum absolute atomic E-state index is 13.1. The molecule has 0 unspecified atom stereocenters. The number of nitrogens with zero attached hydrogens (tertiary/aromatic N) is 4. The second-order valence-electron chi connectivity index (χ2n) is 12.9. The third-order valence-electron chi connectivity index (χ3n) is 8.98. The topological polar surface area (TPSA) is 95.3 Å². The number of fused-ring (bicyclic) bond motifs is 1. The van der Waals surface area contributed by atoms with Gasteiger partial charge in [-0.3, -0.25) is 9.48 Å². The van der Waals surface area contributed by atoms with Crippen molar-refractivity contribution in [1.82, 2.24) is 25.0 Å². The Bertz CT molecular complexity index is 1400. The second-order valence-corrected chi connectivity index (χ2v) is 12.9. The number of aromatic nitrogens is 3. The molecule has 2 fully saturated rings. The lowest BCUT2D eigenvalue weighted by molar-refractivity contribution is -0.141. The van der Waals surface area contributed by atoms with E-state index in [9.17, 15) is 23.1 Å². The fourth-order valence-electron chi connectivity index (χ4n) is 6.49. The lowest BCUT2D eigenvalue weighted by atomic mass is 9.85. The molecule has 1 aliphatic carbocycles. The van der Waals surface area contributed by atoms with Crippen molar-refractivity contribution in [2.45, 2.75) is 76.6 Å². The van der Waals surface area contributed by atoms with Crippen LogP contribution in [0.2, 0.25) is 0 Å². The molecule has 0 atom stereocenters. The number of benzene rings is 1. The fraction of sp³-hybridized carbons (Fsp3) is 0.594. The van der Waals surface area contributed by atoms with Crippen molar-refractivity contribution in [2.75, 3.05) is 38.5 Å². The van der Waals surface area contributed by atoms with Gasteiger partial charge in [0.05, 0.1) is 17.2 Å². The first-order chi connectivity index (χ1) is 20.4. The quantitative estimate of drug-likeness (QED) is 0.280. The van der Waals surface area contributed by atoms with Gasteiger partial charge in [-0.2, -0.15) is 18.3 Å². The first-order valence-corrected chi connectivity index (χ1v) is 15.4. The van der Waals surface area contributed by atoms with Gasteiger partial charge in [-0.15, -0.1) is 0 Å². The van der Waals surface area contributed by atoms with E-state index in [-0.39, 0.29) is 11.7 Å². The Morgan fingerprint density at radius 1 is 1.09 bits per heavy atom. The van der Waals surface area contributed by atoms with Crippen LogP contribution in [0, 0.1) is 11.8 Å². The predicted molar refractivity (Wildman–Crippen MR) is 161 cm³/mol. The summed E-state index contributed by atoms with van der Waals surface area (Å²) in [7, 11) is 2.24. The Balaban J connectivity index is 1.24. The molecule has 3 heterocycles. The maximum Gasteiger partial charge on any atom is 0.433 e. The normalized spacial score (nSPS) is 20.6. The van der Waals surface area contributed by atoms with Crippen molar-refractivity contribution in [3.63, 3.8) is 0 Å². The van der Waals surface area contributed by atoms with Crippen molar-refractivity contribution >= 4 is 22.5 Å². The van der Waals surface area contributed by atoms with Gasteiger partial charge in [0.1, 0.15) is 11.4 Å². The minimum absolute atomic E-state index is 0.265. The summed E-state index contributed by atoms with van der Waals surface area (Å²) in [6, 6.07) is 6.93. The van der Waals surface area contributed by atoms with Crippen molar-refractivity contribution in [3.05, 3.63) is 53.5 Å². The van der Waals surface area contributed by atoms with Crippen LogP contribution in [-0.4, -0.2) is 63.9 Å². The van der Waals surface area contributed by atoms with Crippen LogP contribution >= 0.6 is 0 Å². The molecule has 1 saturated heterocycles. The molecule has 2 aliphatic rings. The Hall–Kier alpha value is -3.02. The maximum atomic E-state index is 13.1.